The number of nitrogens with zero attached hydrogens (tertiary/aromatic N) is 6. The van der Waals surface area contributed by atoms with Crippen molar-refractivity contribution in [1.82, 2.24) is 34.3 Å². The van der Waals surface area contributed by atoms with E-state index in [1.807, 2.05) is 6.92 Å². The van der Waals surface area contributed by atoms with Gasteiger partial charge in [-0.05, 0) is 31.2 Å². The first kappa shape index (κ1) is 17.9. The number of rotatable bonds is 4. The molecule has 0 saturated carbocycles. The van der Waals surface area contributed by atoms with Crippen molar-refractivity contribution in [3.05, 3.63) is 77.2 Å². The molecule has 0 spiro atoms. The summed E-state index contributed by atoms with van der Waals surface area (Å²) in [5.74, 6) is -0.0268. The van der Waals surface area contributed by atoms with Gasteiger partial charge in [0, 0.05) is 12.4 Å². The van der Waals surface area contributed by atoms with E-state index in [9.17, 15) is 9.18 Å². The molecule has 0 bridgehead atoms. The average molecular weight is 402 g/mol. The number of aromatic nitrogens is 7. The van der Waals surface area contributed by atoms with Crippen LogP contribution in [0.25, 0.3) is 28.1 Å². The number of nitrogens with one attached hydrogen (secondary N) is 2. The van der Waals surface area contributed by atoms with Gasteiger partial charge in [0.25, 0.3) is 5.56 Å². The van der Waals surface area contributed by atoms with Crippen LogP contribution in [0.4, 0.5) is 10.2 Å². The Morgan fingerprint density at radius 1 is 1.13 bits per heavy atom. The number of fused-ring (bicyclic) bond motifs is 2. The first-order valence-electron chi connectivity index (χ1n) is 9.15. The molecule has 0 aliphatic rings. The van der Waals surface area contributed by atoms with E-state index in [1.54, 1.807) is 24.4 Å². The van der Waals surface area contributed by atoms with E-state index < -0.39 is 17.4 Å². The summed E-state index contributed by atoms with van der Waals surface area (Å²) in [6.45, 7) is 1.86. The van der Waals surface area contributed by atoms with E-state index in [4.69, 9.17) is 0 Å². The summed E-state index contributed by atoms with van der Waals surface area (Å²) in [7, 11) is 0. The lowest BCUT2D eigenvalue weighted by molar-refractivity contribution is 0.617. The first-order valence-corrected chi connectivity index (χ1v) is 9.15. The lowest BCUT2D eigenvalue weighted by Crippen LogP contribution is -2.23. The normalized spacial score (nSPS) is 12.3. The van der Waals surface area contributed by atoms with E-state index in [0.29, 0.717) is 34.0 Å². The Balaban J connectivity index is 1.70. The molecule has 0 aliphatic carbocycles. The van der Waals surface area contributed by atoms with Crippen LogP contribution in [0.5, 0.6) is 0 Å². The third kappa shape index (κ3) is 2.94. The van der Waals surface area contributed by atoms with Gasteiger partial charge in [0.15, 0.2) is 11.5 Å². The number of halogens is 1. The zero-order chi connectivity index (χ0) is 20.7. The number of pyridine rings is 2. The molecule has 0 saturated heterocycles. The van der Waals surface area contributed by atoms with Crippen LogP contribution in [0, 0.1) is 5.82 Å². The predicted octanol–water partition coefficient (Wildman–Crippen LogP) is 2.74. The van der Waals surface area contributed by atoms with Gasteiger partial charge >= 0.3 is 0 Å². The summed E-state index contributed by atoms with van der Waals surface area (Å²) in [4.78, 5) is 37.8. The Labute approximate surface area is 168 Å². The maximum Gasteiger partial charge on any atom is 0.267 e. The second-order valence-corrected chi connectivity index (χ2v) is 6.66. The fraction of sp³-hybridized carbons (Fsp3) is 0.100. The maximum absolute atomic E-state index is 13.8. The quantitative estimate of drug-likeness (QED) is 0.475. The molecular formula is C20H15FN8O. The number of H-pyrrole nitrogens is 1. The number of anilines is 1. The van der Waals surface area contributed by atoms with Gasteiger partial charge < -0.3 is 10.3 Å². The van der Waals surface area contributed by atoms with Gasteiger partial charge in [-0.15, -0.1) is 0 Å². The maximum atomic E-state index is 13.8. The summed E-state index contributed by atoms with van der Waals surface area (Å²) in [6.07, 6.45) is 5.66. The highest BCUT2D eigenvalue weighted by Gasteiger charge is 2.22. The van der Waals surface area contributed by atoms with E-state index in [0.717, 1.165) is 6.20 Å². The summed E-state index contributed by atoms with van der Waals surface area (Å²) in [5.41, 5.74) is 2.28. The van der Waals surface area contributed by atoms with Crippen molar-refractivity contribution in [2.45, 2.75) is 13.0 Å². The van der Waals surface area contributed by atoms with Crippen LogP contribution in [0.3, 0.4) is 0 Å². The van der Waals surface area contributed by atoms with Crippen molar-refractivity contribution in [2.24, 2.45) is 0 Å². The van der Waals surface area contributed by atoms with Crippen LogP contribution in [0.2, 0.25) is 0 Å². The van der Waals surface area contributed by atoms with Gasteiger partial charge in [0.2, 0.25) is 0 Å². The molecule has 30 heavy (non-hydrogen) atoms. The molecule has 0 aliphatic heterocycles. The monoisotopic (exact) mass is 402 g/mol. The van der Waals surface area contributed by atoms with Crippen LogP contribution >= 0.6 is 0 Å². The number of imidazole rings is 1. The molecule has 10 heteroatoms. The Kier molecular flexibility index (Phi) is 4.16. The Hall–Kier alpha value is -4.21. The smallest absolute Gasteiger partial charge is 0.267 e. The standard InChI is InChI=1S/C20H15FN8O/c1-11(27-19-17-18(24-9-23-17)25-10-26-19)16-15(13-4-2-3-7-22-13)20(30)29-8-12(21)5-6-14(29)28-16/h2-11H,1H3,(H2,23,24,25,26,27)/t11-/m0/s1. The molecule has 0 amide bonds. The highest BCUT2D eigenvalue weighted by molar-refractivity contribution is 5.82. The number of hydrogen-bond acceptors (Lipinski definition) is 7. The van der Waals surface area contributed by atoms with Crippen LogP contribution in [0.15, 0.2) is 60.2 Å². The third-order valence-electron chi connectivity index (χ3n) is 4.72. The Bertz CT molecular complexity index is 1430. The summed E-state index contributed by atoms with van der Waals surface area (Å²) in [6, 6.07) is 7.55. The molecule has 0 fully saturated rings. The molecule has 5 rings (SSSR count). The van der Waals surface area contributed by atoms with Gasteiger partial charge in [-0.25, -0.2) is 24.3 Å². The third-order valence-corrected chi connectivity index (χ3v) is 4.72. The van der Waals surface area contributed by atoms with Gasteiger partial charge in [0.1, 0.15) is 23.3 Å². The summed E-state index contributed by atoms with van der Waals surface area (Å²) < 4.78 is 15.0. The van der Waals surface area contributed by atoms with Crippen molar-refractivity contribution in [3.63, 3.8) is 0 Å². The van der Waals surface area contributed by atoms with E-state index >= 15 is 0 Å². The fourth-order valence-electron chi connectivity index (χ4n) is 3.34. The minimum absolute atomic E-state index is 0.283. The second kappa shape index (κ2) is 6.99. The molecule has 5 heterocycles. The van der Waals surface area contributed by atoms with Crippen molar-refractivity contribution >= 4 is 22.6 Å². The molecule has 5 aromatic heterocycles. The molecule has 9 nitrogen and oxygen atoms in total. The Morgan fingerprint density at radius 3 is 2.87 bits per heavy atom. The molecule has 148 valence electrons. The van der Waals surface area contributed by atoms with E-state index in [2.05, 4.69) is 35.2 Å². The molecule has 1 atom stereocenters. The molecule has 5 aromatic rings. The zero-order valence-corrected chi connectivity index (χ0v) is 15.7. The number of aromatic amines is 1. The summed E-state index contributed by atoms with van der Waals surface area (Å²) in [5, 5.41) is 3.25. The predicted molar refractivity (Wildman–Crippen MR) is 108 cm³/mol. The van der Waals surface area contributed by atoms with Crippen LogP contribution in [-0.2, 0) is 0 Å². The largest absolute Gasteiger partial charge is 0.360 e. The van der Waals surface area contributed by atoms with Crippen LogP contribution < -0.4 is 10.9 Å². The number of hydrogen-bond donors (Lipinski definition) is 2. The van der Waals surface area contributed by atoms with Gasteiger partial charge in [0.05, 0.1) is 29.3 Å². The fourth-order valence-corrected chi connectivity index (χ4v) is 3.34. The van der Waals surface area contributed by atoms with E-state index in [1.165, 1.54) is 29.2 Å². The molecule has 2 N–H and O–H groups in total. The average Bonchev–Trinajstić information content (AvgIpc) is 3.24. The van der Waals surface area contributed by atoms with Crippen molar-refractivity contribution in [1.29, 1.82) is 0 Å². The van der Waals surface area contributed by atoms with E-state index in [-0.39, 0.29) is 5.56 Å². The van der Waals surface area contributed by atoms with Crippen molar-refractivity contribution in [2.75, 3.05) is 5.32 Å². The lowest BCUT2D eigenvalue weighted by atomic mass is 10.1. The van der Waals surface area contributed by atoms with Crippen molar-refractivity contribution < 1.29 is 4.39 Å². The van der Waals surface area contributed by atoms with Crippen molar-refractivity contribution in [3.8, 4) is 11.3 Å². The minimum atomic E-state index is -0.529. The summed E-state index contributed by atoms with van der Waals surface area (Å²) >= 11 is 0. The highest BCUT2D eigenvalue weighted by Crippen LogP contribution is 2.26. The molecule has 0 aromatic carbocycles. The molecule has 0 unspecified atom stereocenters. The molecular weight excluding hydrogens is 387 g/mol. The van der Waals surface area contributed by atoms with Crippen LogP contribution in [-0.4, -0.2) is 34.3 Å². The minimum Gasteiger partial charge on any atom is -0.360 e. The first-order chi connectivity index (χ1) is 14.6. The second-order valence-electron chi connectivity index (χ2n) is 6.66. The van der Waals surface area contributed by atoms with Gasteiger partial charge in [-0.1, -0.05) is 6.07 Å². The topological polar surface area (TPSA) is 114 Å². The van der Waals surface area contributed by atoms with Crippen LogP contribution in [0.1, 0.15) is 18.7 Å². The molecule has 0 radical (unpaired) electrons. The Morgan fingerprint density at radius 2 is 2.03 bits per heavy atom. The van der Waals surface area contributed by atoms with Gasteiger partial charge in [-0.3, -0.25) is 14.2 Å². The van der Waals surface area contributed by atoms with Gasteiger partial charge in [-0.2, -0.15) is 0 Å². The highest BCUT2D eigenvalue weighted by atomic mass is 19.1. The lowest BCUT2D eigenvalue weighted by Gasteiger charge is -2.18. The zero-order valence-electron chi connectivity index (χ0n) is 15.7. The SMILES string of the molecule is C[C@H](Nc1ncnc2[nH]cnc12)c1nc2ccc(F)cn2c(=O)c1-c1ccccn1.